The quantitative estimate of drug-likeness (QED) is 0.889. The first kappa shape index (κ1) is 17.7. The van der Waals surface area contributed by atoms with Crippen LogP contribution < -0.4 is 5.32 Å². The molecule has 1 aliphatic rings. The Kier molecular flexibility index (Phi) is 5.28. The molecule has 1 aromatic carbocycles. The Morgan fingerprint density at radius 3 is 2.40 bits per heavy atom. The minimum Gasteiger partial charge on any atom is -0.468 e. The normalized spacial score (nSPS) is 16.8. The van der Waals surface area contributed by atoms with Crippen molar-refractivity contribution in [2.45, 2.75) is 45.1 Å². The second kappa shape index (κ2) is 7.44. The van der Waals surface area contributed by atoms with Gasteiger partial charge in [-0.3, -0.25) is 9.69 Å². The number of nitrogens with zero attached hydrogens (tertiary/aromatic N) is 1. The average molecular weight is 340 g/mol. The zero-order chi connectivity index (χ0) is 17.9. The number of rotatable bonds is 5. The van der Waals surface area contributed by atoms with Crippen LogP contribution in [0.5, 0.6) is 0 Å². The second-order valence-electron chi connectivity index (χ2n) is 7.81. The van der Waals surface area contributed by atoms with Crippen molar-refractivity contribution >= 4 is 5.91 Å². The van der Waals surface area contributed by atoms with Gasteiger partial charge in [0, 0.05) is 12.1 Å². The highest BCUT2D eigenvalue weighted by molar-refractivity contribution is 5.94. The molecular weight excluding hydrogens is 312 g/mol. The van der Waals surface area contributed by atoms with Crippen LogP contribution in [0.3, 0.4) is 0 Å². The summed E-state index contributed by atoms with van der Waals surface area (Å²) < 4.78 is 5.61. The van der Waals surface area contributed by atoms with Crippen LogP contribution in [-0.2, 0) is 5.41 Å². The van der Waals surface area contributed by atoms with Crippen LogP contribution in [0.2, 0.25) is 0 Å². The van der Waals surface area contributed by atoms with E-state index in [4.69, 9.17) is 4.42 Å². The molecule has 0 spiro atoms. The van der Waals surface area contributed by atoms with Crippen molar-refractivity contribution in [3.63, 3.8) is 0 Å². The molecule has 1 fully saturated rings. The Hall–Kier alpha value is -2.07. The van der Waals surface area contributed by atoms with Crippen molar-refractivity contribution in [2.24, 2.45) is 0 Å². The Balaban J connectivity index is 1.65. The topological polar surface area (TPSA) is 45.5 Å². The molecule has 1 aromatic heterocycles. The first-order chi connectivity index (χ1) is 11.9. The van der Waals surface area contributed by atoms with Gasteiger partial charge >= 0.3 is 0 Å². The van der Waals surface area contributed by atoms with Crippen molar-refractivity contribution in [3.8, 4) is 0 Å². The van der Waals surface area contributed by atoms with Crippen molar-refractivity contribution in [1.29, 1.82) is 0 Å². The molecule has 4 nitrogen and oxygen atoms in total. The summed E-state index contributed by atoms with van der Waals surface area (Å²) in [6, 6.07) is 11.9. The van der Waals surface area contributed by atoms with Crippen molar-refractivity contribution in [3.05, 3.63) is 59.5 Å². The number of carbonyl (C=O) groups excluding carboxylic acids is 1. The largest absolute Gasteiger partial charge is 0.468 e. The van der Waals surface area contributed by atoms with Gasteiger partial charge in [-0.25, -0.2) is 0 Å². The molecule has 0 saturated carbocycles. The standard InChI is InChI=1S/C21H28N2O2/c1-21(2,3)17-10-8-16(9-11-17)20(24)22-15-18(19-7-6-14-25-19)23-12-4-5-13-23/h6-11,14,18H,4-5,12-13,15H2,1-3H3,(H,22,24)/t18-/m1/s1. The fourth-order valence-electron chi connectivity index (χ4n) is 3.36. The van der Waals surface area contributed by atoms with E-state index in [0.29, 0.717) is 12.1 Å². The number of nitrogens with one attached hydrogen (secondary N) is 1. The third kappa shape index (κ3) is 4.31. The molecular formula is C21H28N2O2. The number of hydrogen-bond acceptors (Lipinski definition) is 3. The first-order valence-corrected chi connectivity index (χ1v) is 9.11. The van der Waals surface area contributed by atoms with E-state index in [-0.39, 0.29) is 17.4 Å². The van der Waals surface area contributed by atoms with E-state index in [1.165, 1.54) is 18.4 Å². The molecule has 1 amide bonds. The number of amides is 1. The van der Waals surface area contributed by atoms with Crippen LogP contribution in [-0.4, -0.2) is 30.4 Å². The molecule has 0 radical (unpaired) electrons. The van der Waals surface area contributed by atoms with Gasteiger partial charge in [-0.05, 0) is 61.2 Å². The highest BCUT2D eigenvalue weighted by atomic mass is 16.3. The lowest BCUT2D eigenvalue weighted by Gasteiger charge is -2.26. The van der Waals surface area contributed by atoms with E-state index in [2.05, 4.69) is 31.0 Å². The van der Waals surface area contributed by atoms with Gasteiger partial charge in [0.1, 0.15) is 5.76 Å². The maximum Gasteiger partial charge on any atom is 0.251 e. The summed E-state index contributed by atoms with van der Waals surface area (Å²) in [6.45, 7) is 9.20. The highest BCUT2D eigenvalue weighted by Crippen LogP contribution is 2.25. The molecule has 0 unspecified atom stereocenters. The number of benzene rings is 1. The van der Waals surface area contributed by atoms with Crippen LogP contribution in [0.25, 0.3) is 0 Å². The lowest BCUT2D eigenvalue weighted by molar-refractivity contribution is 0.0933. The third-order valence-electron chi connectivity index (χ3n) is 4.92. The smallest absolute Gasteiger partial charge is 0.251 e. The predicted molar refractivity (Wildman–Crippen MR) is 99.7 cm³/mol. The summed E-state index contributed by atoms with van der Waals surface area (Å²) in [6.07, 6.45) is 4.12. The van der Waals surface area contributed by atoms with Crippen molar-refractivity contribution < 1.29 is 9.21 Å². The lowest BCUT2D eigenvalue weighted by atomic mass is 9.87. The molecule has 2 aromatic rings. The van der Waals surface area contributed by atoms with Crippen molar-refractivity contribution in [1.82, 2.24) is 10.2 Å². The van der Waals surface area contributed by atoms with E-state index in [1.807, 2.05) is 36.4 Å². The average Bonchev–Trinajstić information content (AvgIpc) is 3.28. The molecule has 0 aliphatic carbocycles. The van der Waals surface area contributed by atoms with Gasteiger partial charge in [0.2, 0.25) is 0 Å². The molecule has 0 bridgehead atoms. The highest BCUT2D eigenvalue weighted by Gasteiger charge is 2.26. The van der Waals surface area contributed by atoms with Crippen LogP contribution in [0.1, 0.15) is 61.3 Å². The molecule has 1 saturated heterocycles. The van der Waals surface area contributed by atoms with Crippen LogP contribution in [0.15, 0.2) is 47.1 Å². The number of likely N-dealkylation sites (tertiary alicyclic amines) is 1. The van der Waals surface area contributed by atoms with E-state index in [0.717, 1.165) is 18.8 Å². The summed E-state index contributed by atoms with van der Waals surface area (Å²) in [5.74, 6) is 0.890. The second-order valence-corrected chi connectivity index (χ2v) is 7.81. The molecule has 4 heteroatoms. The number of carbonyl (C=O) groups is 1. The summed E-state index contributed by atoms with van der Waals surface area (Å²) in [5.41, 5.74) is 2.02. The van der Waals surface area contributed by atoms with Crippen LogP contribution >= 0.6 is 0 Å². The number of hydrogen-bond donors (Lipinski definition) is 1. The van der Waals surface area contributed by atoms with Gasteiger partial charge in [0.25, 0.3) is 5.91 Å². The predicted octanol–water partition coefficient (Wildman–Crippen LogP) is 4.14. The van der Waals surface area contributed by atoms with E-state index in [1.54, 1.807) is 6.26 Å². The maximum absolute atomic E-state index is 12.5. The Morgan fingerprint density at radius 1 is 1.16 bits per heavy atom. The van der Waals surface area contributed by atoms with Crippen molar-refractivity contribution in [2.75, 3.05) is 19.6 Å². The first-order valence-electron chi connectivity index (χ1n) is 9.11. The Labute approximate surface area is 150 Å². The minimum atomic E-state index is -0.0313. The summed E-state index contributed by atoms with van der Waals surface area (Å²) in [4.78, 5) is 14.9. The van der Waals surface area contributed by atoms with Gasteiger partial charge in [-0.1, -0.05) is 32.9 Å². The molecule has 2 heterocycles. The van der Waals surface area contributed by atoms with E-state index < -0.39 is 0 Å². The van der Waals surface area contributed by atoms with Gasteiger partial charge in [0.15, 0.2) is 0 Å². The van der Waals surface area contributed by atoms with Crippen LogP contribution in [0.4, 0.5) is 0 Å². The SMILES string of the molecule is CC(C)(C)c1ccc(C(=O)NC[C@H](c2ccco2)N2CCCC2)cc1. The minimum absolute atomic E-state index is 0.0313. The zero-order valence-corrected chi connectivity index (χ0v) is 15.4. The van der Waals surface area contributed by atoms with Gasteiger partial charge in [-0.2, -0.15) is 0 Å². The van der Waals surface area contributed by atoms with E-state index >= 15 is 0 Å². The Bertz CT molecular complexity index is 678. The zero-order valence-electron chi connectivity index (χ0n) is 15.4. The van der Waals surface area contributed by atoms with E-state index in [9.17, 15) is 4.79 Å². The molecule has 134 valence electrons. The molecule has 3 rings (SSSR count). The molecule has 1 atom stereocenters. The Morgan fingerprint density at radius 2 is 1.84 bits per heavy atom. The number of furan rings is 1. The summed E-state index contributed by atoms with van der Waals surface area (Å²) >= 11 is 0. The fourth-order valence-corrected chi connectivity index (χ4v) is 3.36. The van der Waals surface area contributed by atoms with Gasteiger partial charge in [-0.15, -0.1) is 0 Å². The molecule has 25 heavy (non-hydrogen) atoms. The summed E-state index contributed by atoms with van der Waals surface area (Å²) in [5, 5.41) is 3.08. The third-order valence-corrected chi connectivity index (χ3v) is 4.92. The monoisotopic (exact) mass is 340 g/mol. The van der Waals surface area contributed by atoms with Gasteiger partial charge in [0.05, 0.1) is 12.3 Å². The summed E-state index contributed by atoms with van der Waals surface area (Å²) in [7, 11) is 0. The fraction of sp³-hybridized carbons (Fsp3) is 0.476. The maximum atomic E-state index is 12.5. The molecule has 1 N–H and O–H groups in total. The lowest BCUT2D eigenvalue weighted by Crippen LogP contribution is -2.36. The van der Waals surface area contributed by atoms with Gasteiger partial charge < -0.3 is 9.73 Å². The molecule has 1 aliphatic heterocycles. The van der Waals surface area contributed by atoms with Crippen LogP contribution in [0, 0.1) is 0 Å².